The van der Waals surface area contributed by atoms with Crippen LogP contribution < -0.4 is 15.4 Å². The lowest BCUT2D eigenvalue weighted by molar-refractivity contribution is -0.274. The molecule has 0 aliphatic carbocycles. The van der Waals surface area contributed by atoms with E-state index in [-0.39, 0.29) is 47.0 Å². The normalized spacial score (nSPS) is 18.4. The van der Waals surface area contributed by atoms with Crippen molar-refractivity contribution in [2.24, 2.45) is 5.92 Å². The third kappa shape index (κ3) is 6.79. The lowest BCUT2D eigenvalue weighted by Gasteiger charge is -2.27. The first-order valence-corrected chi connectivity index (χ1v) is 16.2. The Hall–Kier alpha value is -3.66. The van der Waals surface area contributed by atoms with Crippen molar-refractivity contribution in [2.75, 3.05) is 42.6 Å². The van der Waals surface area contributed by atoms with Crippen LogP contribution in [0.4, 0.5) is 24.1 Å². The molecule has 0 radical (unpaired) electrons. The van der Waals surface area contributed by atoms with Crippen molar-refractivity contribution in [1.29, 1.82) is 0 Å². The van der Waals surface area contributed by atoms with Crippen molar-refractivity contribution in [1.82, 2.24) is 14.9 Å². The number of amides is 1. The lowest BCUT2D eigenvalue weighted by atomic mass is 10.00. The van der Waals surface area contributed by atoms with Crippen LogP contribution in [0.1, 0.15) is 31.7 Å². The number of ether oxygens (including phenoxy) is 2. The summed E-state index contributed by atoms with van der Waals surface area (Å²) in [6, 6.07) is 2.71. The number of aromatic nitrogens is 2. The lowest BCUT2D eigenvalue weighted by Crippen LogP contribution is -2.45. The number of sulfone groups is 1. The van der Waals surface area contributed by atoms with Gasteiger partial charge in [0.25, 0.3) is 0 Å². The van der Waals surface area contributed by atoms with Crippen LogP contribution >= 0.6 is 11.3 Å². The number of nitrogens with zero attached hydrogens (tertiary/aromatic N) is 4. The maximum absolute atomic E-state index is 13.5. The quantitative estimate of drug-likeness (QED) is 0.326. The molecule has 2 aromatic heterocycles. The number of alkyl halides is 3. The van der Waals surface area contributed by atoms with Crippen molar-refractivity contribution in [3.63, 3.8) is 0 Å². The monoisotopic (exact) mass is 641 g/mol. The number of rotatable bonds is 10. The molecule has 2 fully saturated rings. The van der Waals surface area contributed by atoms with Crippen molar-refractivity contribution >= 4 is 54.8 Å². The molecule has 5 rings (SSSR count). The van der Waals surface area contributed by atoms with Gasteiger partial charge >= 0.3 is 12.3 Å². The average molecular weight is 642 g/mol. The molecule has 2 aliphatic rings. The highest BCUT2D eigenvalue weighted by Crippen LogP contribution is 2.36. The molecule has 11 nitrogen and oxygen atoms in total. The van der Waals surface area contributed by atoms with Crippen molar-refractivity contribution in [2.45, 2.75) is 49.2 Å². The number of carbonyl (C=O) groups excluding carboxylic acids is 2. The molecule has 1 amide bonds. The Morgan fingerprint density at radius 1 is 1.21 bits per heavy atom. The Morgan fingerprint density at radius 2 is 1.95 bits per heavy atom. The molecule has 0 bridgehead atoms. The first kappa shape index (κ1) is 30.8. The number of fused-ring (bicyclic) bond motifs is 1. The summed E-state index contributed by atoms with van der Waals surface area (Å²) in [6.07, 6.45) is -0.586. The number of benzene rings is 1. The van der Waals surface area contributed by atoms with Crippen molar-refractivity contribution in [3.05, 3.63) is 36.2 Å². The number of anilines is 2. The van der Waals surface area contributed by atoms with Gasteiger partial charge in [0.05, 0.1) is 24.5 Å². The Labute approximate surface area is 249 Å². The number of thiazole rings is 1. The molecule has 0 saturated carbocycles. The van der Waals surface area contributed by atoms with Crippen LogP contribution in [0.2, 0.25) is 0 Å². The minimum atomic E-state index is -5.05. The number of esters is 1. The fourth-order valence-corrected chi connectivity index (χ4v) is 8.30. The highest BCUT2D eigenvalue weighted by atomic mass is 32.2. The van der Waals surface area contributed by atoms with Gasteiger partial charge in [-0.2, -0.15) is 0 Å². The summed E-state index contributed by atoms with van der Waals surface area (Å²) in [5, 5.41) is 1.29. The summed E-state index contributed by atoms with van der Waals surface area (Å²) < 4.78 is 76.1. The molecule has 2 N–H and O–H groups in total. The number of pyridine rings is 1. The largest absolute Gasteiger partial charge is 0.573 e. The first-order chi connectivity index (χ1) is 20.4. The van der Waals surface area contributed by atoms with Gasteiger partial charge in [-0.05, 0) is 55.3 Å². The summed E-state index contributed by atoms with van der Waals surface area (Å²) in [7, 11) is -3.88. The second-order valence-electron chi connectivity index (χ2n) is 10.4. The van der Waals surface area contributed by atoms with Crippen LogP contribution in [0.5, 0.6) is 5.75 Å². The van der Waals surface area contributed by atoms with Gasteiger partial charge in [-0.3, -0.25) is 4.79 Å². The van der Waals surface area contributed by atoms with E-state index in [1.165, 1.54) is 23.4 Å². The molecule has 4 heterocycles. The van der Waals surface area contributed by atoms with Crippen LogP contribution in [0, 0.1) is 5.92 Å². The molecular weight excluding hydrogens is 611 g/mol. The molecule has 16 heteroatoms. The standard InChI is InChI=1S/C27H30F3N5O6S2/c1-2-40-25(37)20(12-18-11-16-5-7-32-23(31)19(16)13-21(18)41-27(28,29)30)35-10-6-17(24(35)36)15-43(38,39)22-14-33-26(42-22)34-8-3-4-9-34/h5,7,11,13-14,17,20H,2-4,6,8-10,12,15H2,1H3,(H2,31,32)/t17-,20?/m1/s1. The van der Waals surface area contributed by atoms with Crippen LogP contribution in [-0.2, 0) is 30.6 Å². The summed E-state index contributed by atoms with van der Waals surface area (Å²) in [5.74, 6) is -3.47. The van der Waals surface area contributed by atoms with Crippen molar-refractivity contribution in [3.8, 4) is 5.75 Å². The van der Waals surface area contributed by atoms with Gasteiger partial charge in [0.1, 0.15) is 21.8 Å². The van der Waals surface area contributed by atoms with E-state index in [0.717, 1.165) is 43.3 Å². The van der Waals surface area contributed by atoms with Gasteiger partial charge in [0.15, 0.2) is 15.0 Å². The van der Waals surface area contributed by atoms with E-state index in [2.05, 4.69) is 14.7 Å². The van der Waals surface area contributed by atoms with Gasteiger partial charge in [0.2, 0.25) is 5.91 Å². The zero-order valence-corrected chi connectivity index (χ0v) is 24.8. The van der Waals surface area contributed by atoms with Crippen molar-refractivity contribution < 1.29 is 40.7 Å². The summed E-state index contributed by atoms with van der Waals surface area (Å²) in [5.41, 5.74) is 5.84. The number of hydrogen-bond acceptors (Lipinski definition) is 11. The van der Waals surface area contributed by atoms with Gasteiger partial charge in [-0.25, -0.2) is 23.2 Å². The zero-order chi connectivity index (χ0) is 30.9. The molecule has 43 heavy (non-hydrogen) atoms. The molecular formula is C27H30F3N5O6S2. The predicted molar refractivity (Wildman–Crippen MR) is 152 cm³/mol. The summed E-state index contributed by atoms with van der Waals surface area (Å²) in [6.45, 7) is 3.15. The summed E-state index contributed by atoms with van der Waals surface area (Å²) >= 11 is 1.06. The van der Waals surface area contributed by atoms with Crippen LogP contribution in [0.15, 0.2) is 34.8 Å². The number of nitrogen functional groups attached to an aromatic ring is 1. The Bertz CT molecular complexity index is 1620. The molecule has 232 valence electrons. The Morgan fingerprint density at radius 3 is 2.65 bits per heavy atom. The van der Waals surface area contributed by atoms with Gasteiger partial charge in [0, 0.05) is 37.6 Å². The topological polar surface area (TPSA) is 145 Å². The van der Waals surface area contributed by atoms with E-state index < -0.39 is 51.5 Å². The van der Waals surface area contributed by atoms with Gasteiger partial charge in [-0.1, -0.05) is 11.3 Å². The van der Waals surface area contributed by atoms with E-state index in [1.54, 1.807) is 13.0 Å². The molecule has 1 aromatic carbocycles. The fourth-order valence-electron chi connectivity index (χ4n) is 5.44. The smallest absolute Gasteiger partial charge is 0.464 e. The molecule has 2 saturated heterocycles. The third-order valence-electron chi connectivity index (χ3n) is 7.48. The van der Waals surface area contributed by atoms with E-state index in [9.17, 15) is 31.2 Å². The fraction of sp³-hybridized carbons (Fsp3) is 0.481. The van der Waals surface area contributed by atoms with Crippen LogP contribution in [0.3, 0.4) is 0 Å². The maximum atomic E-state index is 13.5. The Kier molecular flexibility index (Phi) is 8.70. The molecule has 1 unspecified atom stereocenters. The molecule has 3 aromatic rings. The first-order valence-electron chi connectivity index (χ1n) is 13.7. The molecule has 0 spiro atoms. The van der Waals surface area contributed by atoms with Gasteiger partial charge in [-0.15, -0.1) is 13.2 Å². The zero-order valence-electron chi connectivity index (χ0n) is 23.2. The number of carbonyl (C=O) groups is 2. The molecule has 2 aliphatic heterocycles. The highest BCUT2D eigenvalue weighted by Gasteiger charge is 2.43. The maximum Gasteiger partial charge on any atom is 0.573 e. The van der Waals surface area contributed by atoms with E-state index in [1.807, 2.05) is 4.90 Å². The molecule has 2 atom stereocenters. The van der Waals surface area contributed by atoms with Crippen LogP contribution in [-0.4, -0.2) is 79.6 Å². The average Bonchev–Trinajstić information content (AvgIpc) is 3.70. The number of likely N-dealkylation sites (tertiary alicyclic amines) is 1. The van der Waals surface area contributed by atoms with Crippen LogP contribution in [0.25, 0.3) is 10.8 Å². The minimum Gasteiger partial charge on any atom is -0.464 e. The number of nitrogens with two attached hydrogens (primary N) is 1. The number of halogens is 3. The van der Waals surface area contributed by atoms with Gasteiger partial charge < -0.3 is 25.0 Å². The highest BCUT2D eigenvalue weighted by molar-refractivity contribution is 7.93. The van der Waals surface area contributed by atoms with E-state index >= 15 is 0 Å². The second kappa shape index (κ2) is 12.1. The minimum absolute atomic E-state index is 0.00900. The van der Waals surface area contributed by atoms with E-state index in [4.69, 9.17) is 10.5 Å². The second-order valence-corrected chi connectivity index (χ2v) is 13.6. The van der Waals surface area contributed by atoms with E-state index in [0.29, 0.717) is 10.5 Å². The number of hydrogen-bond donors (Lipinski definition) is 1. The predicted octanol–water partition coefficient (Wildman–Crippen LogP) is 3.57. The summed E-state index contributed by atoms with van der Waals surface area (Å²) in [4.78, 5) is 38.0. The third-order valence-corrected chi connectivity index (χ3v) is 10.9. The SMILES string of the molecule is CCOC(=O)C(Cc1cc2ccnc(N)c2cc1OC(F)(F)F)N1CC[C@H](CS(=O)(=O)c2cnc(N3CCCC3)s2)C1=O. The Balaban J connectivity index is 1.40.